The van der Waals surface area contributed by atoms with Crippen molar-refractivity contribution in [3.05, 3.63) is 60.2 Å². The molecule has 2 aromatic rings. The Balaban J connectivity index is 1.96. The van der Waals surface area contributed by atoms with Gasteiger partial charge in [-0.3, -0.25) is 9.59 Å². The van der Waals surface area contributed by atoms with Crippen LogP contribution in [0.15, 0.2) is 54.6 Å². The van der Waals surface area contributed by atoms with Crippen molar-refractivity contribution in [2.45, 2.75) is 20.3 Å². The Morgan fingerprint density at radius 1 is 1.00 bits per heavy atom. The van der Waals surface area contributed by atoms with E-state index in [1.807, 2.05) is 61.5 Å². The first-order valence-corrected chi connectivity index (χ1v) is 9.02. The highest BCUT2D eigenvalue weighted by molar-refractivity contribution is 5.94. The number of quaternary nitrogens is 1. The predicted molar refractivity (Wildman–Crippen MR) is 106 cm³/mol. The van der Waals surface area contributed by atoms with Gasteiger partial charge in [0.25, 0.3) is 11.8 Å². The molecule has 0 aliphatic carbocycles. The molecule has 0 heterocycles. The molecular weight excluding hydrogens is 326 g/mol. The molecule has 0 saturated heterocycles. The summed E-state index contributed by atoms with van der Waals surface area (Å²) >= 11 is 0. The number of amides is 2. The van der Waals surface area contributed by atoms with Gasteiger partial charge >= 0.3 is 0 Å². The molecule has 2 rings (SSSR count). The molecule has 0 aliphatic heterocycles. The third kappa shape index (κ3) is 5.70. The number of anilines is 2. The van der Waals surface area contributed by atoms with Crippen molar-refractivity contribution in [2.24, 2.45) is 0 Å². The maximum atomic E-state index is 12.6. The van der Waals surface area contributed by atoms with E-state index < -0.39 is 0 Å². The first-order chi connectivity index (χ1) is 12.5. The van der Waals surface area contributed by atoms with Crippen LogP contribution in [0.5, 0.6) is 0 Å². The third-order valence-electron chi connectivity index (χ3n) is 4.35. The molecular formula is C21H28N3O2+. The molecule has 0 spiro atoms. The summed E-state index contributed by atoms with van der Waals surface area (Å²) in [4.78, 5) is 27.6. The summed E-state index contributed by atoms with van der Waals surface area (Å²) < 4.78 is 0. The van der Waals surface area contributed by atoms with Crippen LogP contribution in [0.4, 0.5) is 11.4 Å². The van der Waals surface area contributed by atoms with Crippen LogP contribution in [0.1, 0.15) is 18.9 Å². The lowest BCUT2D eigenvalue weighted by Crippen LogP contribution is -3.14. The van der Waals surface area contributed by atoms with Crippen LogP contribution in [0.2, 0.25) is 0 Å². The van der Waals surface area contributed by atoms with E-state index in [2.05, 4.69) is 12.2 Å². The number of carbonyl (C=O) groups is 2. The number of likely N-dealkylation sites (N-methyl/N-ethyl adjacent to an activating group) is 1. The highest BCUT2D eigenvalue weighted by Gasteiger charge is 2.21. The topological polar surface area (TPSA) is 53.9 Å². The summed E-state index contributed by atoms with van der Waals surface area (Å²) in [6.07, 6.45) is 0.912. The van der Waals surface area contributed by atoms with E-state index in [1.165, 1.54) is 0 Å². The highest BCUT2D eigenvalue weighted by atomic mass is 16.2. The zero-order valence-corrected chi connectivity index (χ0v) is 15.8. The predicted octanol–water partition coefficient (Wildman–Crippen LogP) is 1.89. The maximum absolute atomic E-state index is 12.6. The molecule has 0 aliphatic rings. The first kappa shape index (κ1) is 19.7. The minimum Gasteiger partial charge on any atom is -0.321 e. The second-order valence-corrected chi connectivity index (χ2v) is 6.50. The molecule has 138 valence electrons. The van der Waals surface area contributed by atoms with E-state index >= 15 is 0 Å². The zero-order chi connectivity index (χ0) is 18.9. The minimum atomic E-state index is -0.0714. The van der Waals surface area contributed by atoms with Gasteiger partial charge in [-0.2, -0.15) is 0 Å². The lowest BCUT2D eigenvalue weighted by molar-refractivity contribution is -0.883. The number of carbonyl (C=O) groups excluding carboxylic acids is 2. The van der Waals surface area contributed by atoms with Crippen LogP contribution < -0.4 is 15.1 Å². The van der Waals surface area contributed by atoms with Gasteiger partial charge in [0, 0.05) is 18.4 Å². The molecule has 2 N–H and O–H groups in total. The summed E-state index contributed by atoms with van der Waals surface area (Å²) in [5.74, 6) is -0.0683. The molecule has 2 aromatic carbocycles. The largest absolute Gasteiger partial charge is 0.321 e. The molecule has 1 unspecified atom stereocenters. The van der Waals surface area contributed by atoms with Crippen molar-refractivity contribution in [3.8, 4) is 0 Å². The van der Waals surface area contributed by atoms with E-state index in [1.54, 1.807) is 11.9 Å². The van der Waals surface area contributed by atoms with Gasteiger partial charge in [-0.15, -0.1) is 0 Å². The van der Waals surface area contributed by atoms with Crippen LogP contribution >= 0.6 is 0 Å². The van der Waals surface area contributed by atoms with Crippen molar-refractivity contribution < 1.29 is 14.5 Å². The van der Waals surface area contributed by atoms with Gasteiger partial charge in [-0.25, -0.2) is 0 Å². The van der Waals surface area contributed by atoms with E-state index in [0.29, 0.717) is 6.54 Å². The second-order valence-electron chi connectivity index (χ2n) is 6.50. The van der Waals surface area contributed by atoms with Crippen LogP contribution in [0.3, 0.4) is 0 Å². The summed E-state index contributed by atoms with van der Waals surface area (Å²) in [6.45, 7) is 5.36. The van der Waals surface area contributed by atoms with Gasteiger partial charge in [0.2, 0.25) is 0 Å². The van der Waals surface area contributed by atoms with Crippen molar-refractivity contribution in [3.63, 3.8) is 0 Å². The monoisotopic (exact) mass is 354 g/mol. The molecule has 5 nitrogen and oxygen atoms in total. The molecule has 0 radical (unpaired) electrons. The summed E-state index contributed by atoms with van der Waals surface area (Å²) in [7, 11) is 1.77. The molecule has 26 heavy (non-hydrogen) atoms. The Labute approximate surface area is 155 Å². The number of rotatable bonds is 8. The van der Waals surface area contributed by atoms with Crippen molar-refractivity contribution in [1.29, 1.82) is 0 Å². The Hall–Kier alpha value is -2.66. The average molecular weight is 354 g/mol. The number of aryl methyl sites for hydroxylation is 1. The first-order valence-electron chi connectivity index (χ1n) is 9.02. The number of hydrogen-bond donors (Lipinski definition) is 2. The fraction of sp³-hybridized carbons (Fsp3) is 0.333. The highest BCUT2D eigenvalue weighted by Crippen LogP contribution is 2.12. The lowest BCUT2D eigenvalue weighted by Gasteiger charge is -2.22. The standard InChI is InChI=1S/C21H27N3O2/c1-4-14-24(15-20(25)22-19-13-9-8-10-17(19)2)16-21(26)23(3)18-11-6-5-7-12-18/h5-13H,4,14-16H2,1-3H3,(H,22,25)/p+1. The molecule has 0 bridgehead atoms. The van der Waals surface area contributed by atoms with Crippen LogP contribution in [-0.2, 0) is 9.59 Å². The van der Waals surface area contributed by atoms with E-state index in [-0.39, 0.29) is 18.4 Å². The van der Waals surface area contributed by atoms with Gasteiger partial charge in [-0.05, 0) is 37.1 Å². The van der Waals surface area contributed by atoms with Crippen molar-refractivity contribution >= 4 is 23.2 Å². The maximum Gasteiger partial charge on any atom is 0.281 e. The van der Waals surface area contributed by atoms with Crippen LogP contribution in [-0.4, -0.2) is 38.5 Å². The fourth-order valence-electron chi connectivity index (χ4n) is 2.86. The second kappa shape index (κ2) is 9.73. The fourth-order valence-corrected chi connectivity index (χ4v) is 2.86. The zero-order valence-electron chi connectivity index (χ0n) is 15.8. The van der Waals surface area contributed by atoms with Gasteiger partial charge < -0.3 is 15.1 Å². The number of nitrogens with zero attached hydrogens (tertiary/aromatic N) is 1. The van der Waals surface area contributed by atoms with E-state index in [0.717, 1.165) is 34.8 Å². The van der Waals surface area contributed by atoms with Gasteiger partial charge in [0.05, 0.1) is 6.54 Å². The SMILES string of the molecule is CCC[NH+](CC(=O)Nc1ccccc1C)CC(=O)N(C)c1ccccc1. The van der Waals surface area contributed by atoms with Crippen LogP contribution in [0.25, 0.3) is 0 Å². The molecule has 2 amide bonds. The minimum absolute atomic E-state index is 0.00309. The number of nitrogens with one attached hydrogen (secondary N) is 2. The molecule has 5 heteroatoms. The molecule has 0 saturated carbocycles. The molecule has 1 atom stereocenters. The third-order valence-corrected chi connectivity index (χ3v) is 4.35. The normalized spacial score (nSPS) is 11.7. The quantitative estimate of drug-likeness (QED) is 0.761. The van der Waals surface area contributed by atoms with Gasteiger partial charge in [-0.1, -0.05) is 43.3 Å². The van der Waals surface area contributed by atoms with Gasteiger partial charge in [0.1, 0.15) is 0 Å². The van der Waals surface area contributed by atoms with E-state index in [4.69, 9.17) is 0 Å². The number of benzene rings is 2. The average Bonchev–Trinajstić information content (AvgIpc) is 2.64. The van der Waals surface area contributed by atoms with Gasteiger partial charge in [0.15, 0.2) is 13.1 Å². The Bertz CT molecular complexity index is 731. The Morgan fingerprint density at radius 2 is 1.65 bits per heavy atom. The smallest absolute Gasteiger partial charge is 0.281 e. The summed E-state index contributed by atoms with van der Waals surface area (Å²) in [5.41, 5.74) is 2.71. The Morgan fingerprint density at radius 3 is 2.31 bits per heavy atom. The molecule has 0 fully saturated rings. The molecule has 0 aromatic heterocycles. The Kier molecular flexibility index (Phi) is 7.36. The lowest BCUT2D eigenvalue weighted by atomic mass is 10.2. The number of hydrogen-bond acceptors (Lipinski definition) is 2. The summed E-state index contributed by atoms with van der Waals surface area (Å²) in [6, 6.07) is 17.2. The van der Waals surface area contributed by atoms with Crippen LogP contribution in [0, 0.1) is 6.92 Å². The summed E-state index contributed by atoms with van der Waals surface area (Å²) in [5, 5.41) is 2.95. The number of para-hydroxylation sites is 2. The van der Waals surface area contributed by atoms with Crippen molar-refractivity contribution in [2.75, 3.05) is 36.9 Å². The van der Waals surface area contributed by atoms with E-state index in [9.17, 15) is 9.59 Å². The van der Waals surface area contributed by atoms with Crippen molar-refractivity contribution in [1.82, 2.24) is 0 Å².